The van der Waals surface area contributed by atoms with Gasteiger partial charge in [0.2, 0.25) is 15.9 Å². The van der Waals surface area contributed by atoms with Crippen LogP contribution in [-0.2, 0) is 14.8 Å². The molecule has 0 saturated carbocycles. The van der Waals surface area contributed by atoms with Crippen LogP contribution in [0.15, 0.2) is 41.3 Å². The minimum atomic E-state index is -3.96. The summed E-state index contributed by atoms with van der Waals surface area (Å²) < 4.78 is 34.0. The number of sulfonamides is 1. The standard InChI is InChI=1S/C25H29N5O4S/c1-16-11-18-14-20(15-26)27-24(18)23(12-16)35(32,33)30-8-7-21(30)25(31)28-19-5-6-22(17(2)13-19)34-10-9-29(3)4/h5-6,11-14,21,27H,7-10H2,1-4H3,(H,28,31). The number of aromatic nitrogens is 1. The van der Waals surface area contributed by atoms with Crippen LogP contribution in [0.2, 0.25) is 0 Å². The molecule has 10 heteroatoms. The molecule has 1 amide bonds. The number of nitrogens with zero attached hydrogens (tertiary/aromatic N) is 3. The van der Waals surface area contributed by atoms with Gasteiger partial charge in [0, 0.05) is 24.2 Å². The zero-order valence-electron chi connectivity index (χ0n) is 20.3. The van der Waals surface area contributed by atoms with Crippen LogP contribution < -0.4 is 10.1 Å². The number of likely N-dealkylation sites (N-methyl/N-ethyl adjacent to an activating group) is 1. The number of carbonyl (C=O) groups excluding carboxylic acids is 1. The summed E-state index contributed by atoms with van der Waals surface area (Å²) in [4.78, 5) is 18.0. The Balaban J connectivity index is 1.51. The number of anilines is 1. The van der Waals surface area contributed by atoms with Gasteiger partial charge in [0.05, 0.1) is 5.52 Å². The smallest absolute Gasteiger partial charge is 0.245 e. The van der Waals surface area contributed by atoms with E-state index in [4.69, 9.17) is 4.74 Å². The molecule has 4 rings (SSSR count). The first-order valence-corrected chi connectivity index (χ1v) is 12.8. The molecule has 35 heavy (non-hydrogen) atoms. The molecule has 9 nitrogen and oxygen atoms in total. The summed E-state index contributed by atoms with van der Waals surface area (Å²) in [5, 5.41) is 12.7. The maximum atomic E-state index is 13.5. The number of nitriles is 1. The number of carbonyl (C=O) groups is 1. The van der Waals surface area contributed by atoms with E-state index in [2.05, 4.69) is 10.3 Å². The van der Waals surface area contributed by atoms with Crippen LogP contribution in [0.4, 0.5) is 5.69 Å². The van der Waals surface area contributed by atoms with Gasteiger partial charge in [0.15, 0.2) is 0 Å². The number of hydrogen-bond acceptors (Lipinski definition) is 6. The quantitative estimate of drug-likeness (QED) is 0.496. The van der Waals surface area contributed by atoms with E-state index in [9.17, 15) is 18.5 Å². The highest BCUT2D eigenvalue weighted by Gasteiger charge is 2.43. The summed E-state index contributed by atoms with van der Waals surface area (Å²) in [6.07, 6.45) is 0.429. The van der Waals surface area contributed by atoms with Gasteiger partial charge in [-0.3, -0.25) is 4.79 Å². The highest BCUT2D eigenvalue weighted by Crippen LogP contribution is 2.33. The summed E-state index contributed by atoms with van der Waals surface area (Å²) in [6.45, 7) is 5.29. The van der Waals surface area contributed by atoms with E-state index in [1.807, 2.05) is 44.1 Å². The van der Waals surface area contributed by atoms with Gasteiger partial charge in [-0.05, 0) is 81.9 Å². The molecule has 1 aliphatic heterocycles. The first-order valence-electron chi connectivity index (χ1n) is 11.3. The Kier molecular flexibility index (Phi) is 6.85. The van der Waals surface area contributed by atoms with E-state index >= 15 is 0 Å². The number of benzene rings is 2. The molecular weight excluding hydrogens is 466 g/mol. The fourth-order valence-corrected chi connectivity index (χ4v) is 6.01. The zero-order chi connectivity index (χ0) is 25.3. The van der Waals surface area contributed by atoms with Crippen molar-refractivity contribution >= 4 is 32.5 Å². The molecular formula is C25H29N5O4S. The van der Waals surface area contributed by atoms with Crippen LogP contribution >= 0.6 is 0 Å². The maximum absolute atomic E-state index is 13.5. The lowest BCUT2D eigenvalue weighted by molar-refractivity contribution is -0.122. The van der Waals surface area contributed by atoms with E-state index in [-0.39, 0.29) is 23.0 Å². The van der Waals surface area contributed by atoms with Crippen molar-refractivity contribution in [1.82, 2.24) is 14.2 Å². The molecule has 1 atom stereocenters. The normalized spacial score (nSPS) is 16.2. The largest absolute Gasteiger partial charge is 0.492 e. The van der Waals surface area contributed by atoms with Crippen molar-refractivity contribution in [3.05, 3.63) is 53.2 Å². The average molecular weight is 496 g/mol. The SMILES string of the molecule is Cc1cc(S(=O)(=O)N2CCC2C(=O)Nc2ccc(OCCN(C)C)c(C)c2)c2[nH]c(C#N)cc2c1. The molecule has 3 aromatic rings. The maximum Gasteiger partial charge on any atom is 0.245 e. The van der Waals surface area contributed by atoms with Gasteiger partial charge in [-0.25, -0.2) is 8.42 Å². The number of nitrogens with one attached hydrogen (secondary N) is 2. The molecule has 0 spiro atoms. The fraction of sp³-hybridized carbons (Fsp3) is 0.360. The van der Waals surface area contributed by atoms with Gasteiger partial charge in [-0.15, -0.1) is 0 Å². The second-order valence-corrected chi connectivity index (χ2v) is 10.9. The van der Waals surface area contributed by atoms with Gasteiger partial charge in [0.1, 0.15) is 35.1 Å². The van der Waals surface area contributed by atoms with Crippen molar-refractivity contribution in [1.29, 1.82) is 5.26 Å². The van der Waals surface area contributed by atoms with Crippen LogP contribution in [0.3, 0.4) is 0 Å². The van der Waals surface area contributed by atoms with Crippen LogP contribution in [0, 0.1) is 25.2 Å². The Morgan fingerprint density at radius 2 is 2.03 bits per heavy atom. The number of fused-ring (bicyclic) bond motifs is 1. The van der Waals surface area contributed by atoms with Gasteiger partial charge in [-0.1, -0.05) is 0 Å². The zero-order valence-corrected chi connectivity index (χ0v) is 21.1. The third-order valence-corrected chi connectivity index (χ3v) is 7.99. The summed E-state index contributed by atoms with van der Waals surface area (Å²) >= 11 is 0. The van der Waals surface area contributed by atoms with E-state index in [1.54, 1.807) is 31.2 Å². The Bertz CT molecular complexity index is 1420. The van der Waals surface area contributed by atoms with Crippen LogP contribution in [0.1, 0.15) is 23.2 Å². The highest BCUT2D eigenvalue weighted by molar-refractivity contribution is 7.89. The van der Waals surface area contributed by atoms with Crippen molar-refractivity contribution in [2.75, 3.05) is 39.1 Å². The van der Waals surface area contributed by atoms with Crippen LogP contribution in [0.5, 0.6) is 5.75 Å². The summed E-state index contributed by atoms with van der Waals surface area (Å²) in [6, 6.07) is 11.6. The third kappa shape index (κ3) is 5.03. The van der Waals surface area contributed by atoms with Crippen molar-refractivity contribution in [2.45, 2.75) is 31.2 Å². The Morgan fingerprint density at radius 1 is 1.26 bits per heavy atom. The molecule has 0 bridgehead atoms. The second-order valence-electron chi connectivity index (χ2n) is 9.06. The van der Waals surface area contributed by atoms with Gasteiger partial charge < -0.3 is 19.9 Å². The molecule has 2 aromatic carbocycles. The number of ether oxygens (including phenoxy) is 1. The van der Waals surface area contributed by atoms with E-state index in [0.29, 0.717) is 29.6 Å². The minimum Gasteiger partial charge on any atom is -0.492 e. The average Bonchev–Trinajstić information content (AvgIpc) is 3.16. The summed E-state index contributed by atoms with van der Waals surface area (Å²) in [7, 11) is -0.00860. The molecule has 2 heterocycles. The molecule has 2 N–H and O–H groups in total. The number of aromatic amines is 1. The van der Waals surface area contributed by atoms with E-state index in [0.717, 1.165) is 23.4 Å². The Morgan fingerprint density at radius 3 is 2.66 bits per heavy atom. The highest BCUT2D eigenvalue weighted by atomic mass is 32.2. The van der Waals surface area contributed by atoms with Crippen LogP contribution in [0.25, 0.3) is 10.9 Å². The molecule has 1 unspecified atom stereocenters. The Labute approximate surface area is 205 Å². The molecule has 0 aliphatic carbocycles. The van der Waals surface area contributed by atoms with Gasteiger partial charge in [0.25, 0.3) is 0 Å². The number of rotatable bonds is 8. The Hall–Kier alpha value is -3.39. The van der Waals surface area contributed by atoms with E-state index in [1.165, 1.54) is 4.31 Å². The lowest BCUT2D eigenvalue weighted by Crippen LogP contribution is -2.56. The summed E-state index contributed by atoms with van der Waals surface area (Å²) in [5.74, 6) is 0.359. The predicted molar refractivity (Wildman–Crippen MR) is 134 cm³/mol. The summed E-state index contributed by atoms with van der Waals surface area (Å²) in [5.41, 5.74) is 2.87. The van der Waals surface area contributed by atoms with Crippen molar-refractivity contribution in [3.63, 3.8) is 0 Å². The molecule has 0 radical (unpaired) electrons. The molecule has 184 valence electrons. The van der Waals surface area contributed by atoms with Gasteiger partial charge >= 0.3 is 0 Å². The monoisotopic (exact) mass is 495 g/mol. The molecule has 1 aliphatic rings. The predicted octanol–water partition coefficient (Wildman–Crippen LogP) is 3.00. The van der Waals surface area contributed by atoms with Crippen molar-refractivity contribution < 1.29 is 17.9 Å². The molecule has 1 aromatic heterocycles. The number of amides is 1. The lowest BCUT2D eigenvalue weighted by Gasteiger charge is -2.38. The first-order chi connectivity index (χ1) is 16.6. The molecule has 1 saturated heterocycles. The number of hydrogen-bond donors (Lipinski definition) is 2. The fourth-order valence-electron chi connectivity index (χ4n) is 4.11. The molecule has 1 fully saturated rings. The van der Waals surface area contributed by atoms with E-state index < -0.39 is 16.1 Å². The minimum absolute atomic E-state index is 0.0709. The van der Waals surface area contributed by atoms with Crippen LogP contribution in [-0.4, -0.2) is 68.3 Å². The second kappa shape index (κ2) is 9.70. The number of aryl methyl sites for hydroxylation is 2. The van der Waals surface area contributed by atoms with Crippen molar-refractivity contribution in [3.8, 4) is 11.8 Å². The van der Waals surface area contributed by atoms with Gasteiger partial charge in [-0.2, -0.15) is 9.57 Å². The third-order valence-electron chi connectivity index (χ3n) is 6.06. The topological polar surface area (TPSA) is 119 Å². The first kappa shape index (κ1) is 24.7. The lowest BCUT2D eigenvalue weighted by atomic mass is 10.1. The van der Waals surface area contributed by atoms with Crippen molar-refractivity contribution in [2.24, 2.45) is 0 Å². The number of H-pyrrole nitrogens is 1.